The summed E-state index contributed by atoms with van der Waals surface area (Å²) in [5.74, 6) is -0.780. The van der Waals surface area contributed by atoms with E-state index in [1.807, 2.05) is 31.1 Å². The van der Waals surface area contributed by atoms with E-state index in [4.69, 9.17) is 4.74 Å². The molecule has 2 N–H and O–H groups in total. The summed E-state index contributed by atoms with van der Waals surface area (Å²) in [6.45, 7) is -0.367. The van der Waals surface area contributed by atoms with Gasteiger partial charge in [-0.2, -0.15) is 0 Å². The van der Waals surface area contributed by atoms with E-state index in [0.717, 1.165) is 16.8 Å². The predicted octanol–water partition coefficient (Wildman–Crippen LogP) is 3.92. The number of carbonyl (C=O) groups excluding carboxylic acids is 2. The van der Waals surface area contributed by atoms with Crippen molar-refractivity contribution in [2.45, 2.75) is 0 Å². The molecule has 0 saturated carbocycles. The number of esters is 1. The number of nitrogens with one attached hydrogen (secondary N) is 1. The Balaban J connectivity index is 1.53. The summed E-state index contributed by atoms with van der Waals surface area (Å²) >= 11 is 0. The van der Waals surface area contributed by atoms with Gasteiger partial charge in [-0.05, 0) is 59.7 Å². The van der Waals surface area contributed by atoms with Gasteiger partial charge in [0.25, 0.3) is 5.91 Å². The van der Waals surface area contributed by atoms with E-state index in [9.17, 15) is 14.7 Å². The molecule has 148 valence electrons. The molecule has 0 aliphatic heterocycles. The highest BCUT2D eigenvalue weighted by Gasteiger charge is 2.11. The van der Waals surface area contributed by atoms with Crippen molar-refractivity contribution in [1.82, 2.24) is 0 Å². The zero-order valence-electron chi connectivity index (χ0n) is 16.3. The smallest absolute Gasteiger partial charge is 0.338 e. The highest BCUT2D eigenvalue weighted by Crippen LogP contribution is 2.22. The molecule has 0 aliphatic carbocycles. The molecule has 0 aliphatic rings. The zero-order valence-corrected chi connectivity index (χ0v) is 16.3. The van der Waals surface area contributed by atoms with E-state index in [1.165, 1.54) is 0 Å². The second kappa shape index (κ2) is 8.93. The number of aromatic hydroxyl groups is 1. The third-order valence-electron chi connectivity index (χ3n) is 4.32. The van der Waals surface area contributed by atoms with Gasteiger partial charge >= 0.3 is 5.97 Å². The number of ether oxygens (including phenoxy) is 1. The monoisotopic (exact) mass is 390 g/mol. The summed E-state index contributed by atoms with van der Waals surface area (Å²) in [5, 5.41) is 12.1. The lowest BCUT2D eigenvalue weighted by Crippen LogP contribution is -2.21. The van der Waals surface area contributed by atoms with E-state index >= 15 is 0 Å². The first-order valence-corrected chi connectivity index (χ1v) is 9.06. The summed E-state index contributed by atoms with van der Waals surface area (Å²) in [4.78, 5) is 26.1. The number of carbonyl (C=O) groups is 2. The minimum absolute atomic E-state index is 0.195. The Morgan fingerprint density at radius 1 is 0.862 bits per heavy atom. The molecule has 0 unspecified atom stereocenters. The molecule has 0 spiro atoms. The van der Waals surface area contributed by atoms with Crippen molar-refractivity contribution in [3.05, 3.63) is 78.4 Å². The van der Waals surface area contributed by atoms with E-state index in [2.05, 4.69) is 5.32 Å². The van der Waals surface area contributed by atoms with Crippen molar-refractivity contribution < 1.29 is 19.4 Å². The first-order chi connectivity index (χ1) is 13.9. The predicted molar refractivity (Wildman–Crippen MR) is 113 cm³/mol. The Morgan fingerprint density at radius 2 is 1.41 bits per heavy atom. The van der Waals surface area contributed by atoms with Gasteiger partial charge in [0.15, 0.2) is 6.61 Å². The van der Waals surface area contributed by atoms with E-state index < -0.39 is 11.9 Å². The molecule has 0 radical (unpaired) electrons. The number of rotatable bonds is 6. The minimum atomic E-state index is -0.569. The maximum absolute atomic E-state index is 12.2. The van der Waals surface area contributed by atoms with Gasteiger partial charge < -0.3 is 20.1 Å². The Kier molecular flexibility index (Phi) is 6.14. The molecule has 3 aromatic rings. The van der Waals surface area contributed by atoms with Crippen LogP contribution in [-0.2, 0) is 9.53 Å². The fourth-order valence-electron chi connectivity index (χ4n) is 2.71. The number of hydrogen-bond donors (Lipinski definition) is 2. The third kappa shape index (κ3) is 5.35. The Hall–Kier alpha value is -3.80. The average Bonchev–Trinajstić information content (AvgIpc) is 2.73. The molecule has 0 aromatic heterocycles. The number of anilines is 2. The molecule has 0 saturated heterocycles. The van der Waals surface area contributed by atoms with Crippen LogP contribution < -0.4 is 10.2 Å². The maximum Gasteiger partial charge on any atom is 0.338 e. The van der Waals surface area contributed by atoms with Gasteiger partial charge in [0.05, 0.1) is 5.56 Å². The van der Waals surface area contributed by atoms with Crippen LogP contribution in [-0.4, -0.2) is 37.7 Å². The van der Waals surface area contributed by atoms with Crippen LogP contribution in [0.2, 0.25) is 0 Å². The van der Waals surface area contributed by atoms with Crippen LogP contribution in [0.25, 0.3) is 11.1 Å². The fraction of sp³-hybridized carbons (Fsp3) is 0.130. The highest BCUT2D eigenvalue weighted by molar-refractivity contribution is 5.95. The highest BCUT2D eigenvalue weighted by atomic mass is 16.5. The van der Waals surface area contributed by atoms with Gasteiger partial charge in [-0.1, -0.05) is 24.3 Å². The molecule has 6 nitrogen and oxygen atoms in total. The SMILES string of the molecule is CN(C)c1ccc(NC(=O)COC(=O)c2ccc(-c3ccc(O)cc3)cc2)cc1. The topological polar surface area (TPSA) is 78.9 Å². The van der Waals surface area contributed by atoms with Crippen LogP contribution in [0.1, 0.15) is 10.4 Å². The summed E-state index contributed by atoms with van der Waals surface area (Å²) in [5.41, 5.74) is 3.83. The van der Waals surface area contributed by atoms with Crippen LogP contribution in [0, 0.1) is 0 Å². The number of nitrogens with zero attached hydrogens (tertiary/aromatic N) is 1. The van der Waals surface area contributed by atoms with Crippen molar-refractivity contribution >= 4 is 23.3 Å². The van der Waals surface area contributed by atoms with Gasteiger partial charge in [0.1, 0.15) is 5.75 Å². The molecular weight excluding hydrogens is 368 g/mol. The third-order valence-corrected chi connectivity index (χ3v) is 4.32. The Labute approximate surface area is 169 Å². The number of benzene rings is 3. The van der Waals surface area contributed by atoms with Gasteiger partial charge in [-0.25, -0.2) is 4.79 Å². The average molecular weight is 390 g/mol. The van der Waals surface area contributed by atoms with Crippen molar-refractivity contribution in [3.63, 3.8) is 0 Å². The van der Waals surface area contributed by atoms with Crippen LogP contribution in [0.4, 0.5) is 11.4 Å². The van der Waals surface area contributed by atoms with Crippen molar-refractivity contribution in [1.29, 1.82) is 0 Å². The van der Waals surface area contributed by atoms with Crippen LogP contribution in [0.3, 0.4) is 0 Å². The molecule has 3 rings (SSSR count). The second-order valence-electron chi connectivity index (χ2n) is 6.69. The Bertz CT molecular complexity index is 979. The molecule has 0 bridgehead atoms. The lowest BCUT2D eigenvalue weighted by molar-refractivity contribution is -0.119. The summed E-state index contributed by atoms with van der Waals surface area (Å²) in [6, 6.07) is 21.0. The van der Waals surface area contributed by atoms with E-state index in [1.54, 1.807) is 60.7 Å². The fourth-order valence-corrected chi connectivity index (χ4v) is 2.71. The van der Waals surface area contributed by atoms with Crippen molar-refractivity contribution in [2.24, 2.45) is 0 Å². The molecule has 0 heterocycles. The minimum Gasteiger partial charge on any atom is -0.508 e. The van der Waals surface area contributed by atoms with Gasteiger partial charge in [-0.15, -0.1) is 0 Å². The normalized spacial score (nSPS) is 10.3. The molecule has 1 amide bonds. The molecule has 29 heavy (non-hydrogen) atoms. The van der Waals surface area contributed by atoms with E-state index in [-0.39, 0.29) is 12.4 Å². The number of phenolic OH excluding ortho intramolecular Hbond substituents is 1. The first kappa shape index (κ1) is 19.9. The van der Waals surface area contributed by atoms with Crippen LogP contribution in [0.5, 0.6) is 5.75 Å². The maximum atomic E-state index is 12.2. The number of amides is 1. The largest absolute Gasteiger partial charge is 0.508 e. The molecule has 3 aromatic carbocycles. The van der Waals surface area contributed by atoms with Gasteiger partial charge in [0, 0.05) is 25.5 Å². The second-order valence-corrected chi connectivity index (χ2v) is 6.69. The van der Waals surface area contributed by atoms with Crippen LogP contribution in [0.15, 0.2) is 72.8 Å². The molecule has 0 atom stereocenters. The summed E-state index contributed by atoms with van der Waals surface area (Å²) < 4.78 is 5.09. The van der Waals surface area contributed by atoms with Crippen molar-refractivity contribution in [3.8, 4) is 16.9 Å². The van der Waals surface area contributed by atoms with Crippen molar-refractivity contribution in [2.75, 3.05) is 30.9 Å². The Morgan fingerprint density at radius 3 is 1.97 bits per heavy atom. The lowest BCUT2D eigenvalue weighted by atomic mass is 10.0. The molecular formula is C23H22N2O4. The summed E-state index contributed by atoms with van der Waals surface area (Å²) in [7, 11) is 3.87. The summed E-state index contributed by atoms with van der Waals surface area (Å²) in [6.07, 6.45) is 0. The van der Waals surface area contributed by atoms with E-state index in [0.29, 0.717) is 11.3 Å². The molecule has 6 heteroatoms. The lowest BCUT2D eigenvalue weighted by Gasteiger charge is -2.13. The van der Waals surface area contributed by atoms with Gasteiger partial charge in [-0.3, -0.25) is 4.79 Å². The quantitative estimate of drug-likeness (QED) is 0.624. The number of hydrogen-bond acceptors (Lipinski definition) is 5. The molecule has 0 fully saturated rings. The first-order valence-electron chi connectivity index (χ1n) is 9.06. The zero-order chi connectivity index (χ0) is 20.8. The van der Waals surface area contributed by atoms with Gasteiger partial charge in [0.2, 0.25) is 0 Å². The van der Waals surface area contributed by atoms with Crippen LogP contribution >= 0.6 is 0 Å². The standard InChI is InChI=1S/C23H22N2O4/c1-25(2)20-11-9-19(10-12-20)24-22(27)15-29-23(28)18-5-3-16(4-6-18)17-7-13-21(26)14-8-17/h3-14,26H,15H2,1-2H3,(H,24,27). The number of phenols is 1.